The van der Waals surface area contributed by atoms with Crippen LogP contribution >= 0.6 is 11.6 Å². The SMILES string of the molecule is CC1(C)CN(S(=O)(=O)c2ccc(-c3cc(Cl)c4occc4c3)cc2)C1. The molecule has 1 aromatic heterocycles. The van der Waals surface area contributed by atoms with Crippen LogP contribution in [0.3, 0.4) is 0 Å². The third-order valence-electron chi connectivity index (χ3n) is 4.54. The molecule has 0 aliphatic carbocycles. The lowest BCUT2D eigenvalue weighted by Crippen LogP contribution is -2.55. The van der Waals surface area contributed by atoms with Gasteiger partial charge in [0.05, 0.1) is 16.2 Å². The zero-order chi connectivity index (χ0) is 17.8. The van der Waals surface area contributed by atoms with E-state index in [2.05, 4.69) is 13.8 Å². The standard InChI is InChI=1S/C19H18ClNO3S/c1-19(2)11-21(12-19)25(22,23)16-5-3-13(4-6-16)15-9-14-7-8-24-18(14)17(20)10-15/h3-10H,11-12H2,1-2H3. The van der Waals surface area contributed by atoms with Crippen LogP contribution in [0.2, 0.25) is 5.02 Å². The summed E-state index contributed by atoms with van der Waals surface area (Å²) in [6, 6.07) is 12.6. The zero-order valence-corrected chi connectivity index (χ0v) is 15.6. The van der Waals surface area contributed by atoms with Crippen molar-refractivity contribution in [2.45, 2.75) is 18.7 Å². The second-order valence-corrected chi connectivity index (χ2v) is 9.60. The summed E-state index contributed by atoms with van der Waals surface area (Å²) in [5, 5.41) is 1.46. The molecule has 0 N–H and O–H groups in total. The molecule has 1 saturated heterocycles. The summed E-state index contributed by atoms with van der Waals surface area (Å²) in [4.78, 5) is 0.322. The second-order valence-electron chi connectivity index (χ2n) is 7.26. The van der Waals surface area contributed by atoms with Crippen molar-refractivity contribution in [1.29, 1.82) is 0 Å². The van der Waals surface area contributed by atoms with Gasteiger partial charge in [-0.25, -0.2) is 8.42 Å². The van der Waals surface area contributed by atoms with E-state index in [4.69, 9.17) is 16.0 Å². The van der Waals surface area contributed by atoms with E-state index >= 15 is 0 Å². The molecule has 1 aliphatic rings. The predicted octanol–water partition coefficient (Wildman–Crippen LogP) is 4.78. The van der Waals surface area contributed by atoms with Crippen molar-refractivity contribution in [3.63, 3.8) is 0 Å². The van der Waals surface area contributed by atoms with E-state index in [9.17, 15) is 8.42 Å². The van der Waals surface area contributed by atoms with Crippen molar-refractivity contribution in [1.82, 2.24) is 4.31 Å². The average Bonchev–Trinajstić information content (AvgIpc) is 3.02. The van der Waals surface area contributed by atoms with Crippen LogP contribution in [0.4, 0.5) is 0 Å². The minimum atomic E-state index is -3.41. The van der Waals surface area contributed by atoms with E-state index < -0.39 is 10.0 Å². The van der Waals surface area contributed by atoms with Crippen LogP contribution in [0, 0.1) is 5.41 Å². The Balaban J connectivity index is 1.65. The van der Waals surface area contributed by atoms with Gasteiger partial charge in [-0.1, -0.05) is 37.6 Å². The molecule has 3 aromatic rings. The summed E-state index contributed by atoms with van der Waals surface area (Å²) >= 11 is 6.26. The number of nitrogens with zero attached hydrogens (tertiary/aromatic N) is 1. The molecule has 0 amide bonds. The lowest BCUT2D eigenvalue weighted by Gasteiger charge is -2.44. The van der Waals surface area contributed by atoms with Gasteiger partial charge in [0.2, 0.25) is 10.0 Å². The number of rotatable bonds is 3. The second kappa shape index (κ2) is 5.59. The van der Waals surface area contributed by atoms with Crippen LogP contribution in [-0.4, -0.2) is 25.8 Å². The minimum absolute atomic E-state index is 0.0593. The number of halogens is 1. The number of fused-ring (bicyclic) bond motifs is 1. The molecule has 130 valence electrons. The van der Waals surface area contributed by atoms with E-state index in [1.165, 1.54) is 4.31 Å². The normalized spacial score (nSPS) is 17.6. The minimum Gasteiger partial charge on any atom is -0.463 e. The van der Waals surface area contributed by atoms with Crippen LogP contribution in [0.5, 0.6) is 0 Å². The van der Waals surface area contributed by atoms with E-state index in [0.717, 1.165) is 16.5 Å². The van der Waals surface area contributed by atoms with Crippen molar-refractivity contribution in [2.24, 2.45) is 5.41 Å². The van der Waals surface area contributed by atoms with Crippen LogP contribution in [0.15, 0.2) is 58.0 Å². The van der Waals surface area contributed by atoms with Gasteiger partial charge in [-0.3, -0.25) is 0 Å². The summed E-state index contributed by atoms with van der Waals surface area (Å²) in [6.45, 7) is 5.25. The Bertz CT molecular complexity index is 1040. The van der Waals surface area contributed by atoms with E-state index in [1.54, 1.807) is 18.4 Å². The van der Waals surface area contributed by atoms with Gasteiger partial charge < -0.3 is 4.42 Å². The fourth-order valence-electron chi connectivity index (χ4n) is 3.25. The Morgan fingerprint density at radius 3 is 2.36 bits per heavy atom. The van der Waals surface area contributed by atoms with Crippen LogP contribution in [-0.2, 0) is 10.0 Å². The monoisotopic (exact) mass is 375 g/mol. The quantitative estimate of drug-likeness (QED) is 0.661. The van der Waals surface area contributed by atoms with Crippen LogP contribution in [0.1, 0.15) is 13.8 Å². The number of furan rings is 1. The predicted molar refractivity (Wildman–Crippen MR) is 99.2 cm³/mol. The van der Waals surface area contributed by atoms with Gasteiger partial charge in [0.1, 0.15) is 0 Å². The lowest BCUT2D eigenvalue weighted by atomic mass is 9.87. The molecule has 0 saturated carbocycles. The molecule has 0 spiro atoms. The molecular formula is C19H18ClNO3S. The highest BCUT2D eigenvalue weighted by atomic mass is 35.5. The van der Waals surface area contributed by atoms with Gasteiger partial charge in [-0.15, -0.1) is 0 Å². The Kier molecular flexibility index (Phi) is 3.72. The number of hydrogen-bond acceptors (Lipinski definition) is 3. The van der Waals surface area contributed by atoms with Gasteiger partial charge in [0, 0.05) is 18.5 Å². The van der Waals surface area contributed by atoms with Crippen LogP contribution in [0.25, 0.3) is 22.1 Å². The molecule has 2 heterocycles. The Labute approximate surface area is 152 Å². The highest BCUT2D eigenvalue weighted by molar-refractivity contribution is 7.89. The highest BCUT2D eigenvalue weighted by Crippen LogP contribution is 2.35. The fourth-order valence-corrected chi connectivity index (χ4v) is 5.34. The van der Waals surface area contributed by atoms with Gasteiger partial charge in [0.25, 0.3) is 0 Å². The first-order valence-corrected chi connectivity index (χ1v) is 9.85. The summed E-state index contributed by atoms with van der Waals surface area (Å²) in [7, 11) is -3.41. The molecule has 6 heteroatoms. The number of hydrogen-bond donors (Lipinski definition) is 0. The lowest BCUT2D eigenvalue weighted by molar-refractivity contribution is 0.111. The molecule has 4 rings (SSSR count). The molecule has 0 unspecified atom stereocenters. The van der Waals surface area contributed by atoms with Crippen molar-refractivity contribution < 1.29 is 12.8 Å². The van der Waals surface area contributed by atoms with Crippen molar-refractivity contribution in [3.8, 4) is 11.1 Å². The summed E-state index contributed by atoms with van der Waals surface area (Å²) in [5.74, 6) is 0. The number of benzene rings is 2. The van der Waals surface area contributed by atoms with Crippen LogP contribution < -0.4 is 0 Å². The molecular weight excluding hydrogens is 358 g/mol. The van der Waals surface area contributed by atoms with Crippen molar-refractivity contribution in [3.05, 3.63) is 53.8 Å². The first kappa shape index (κ1) is 16.6. The maximum atomic E-state index is 12.6. The Hall–Kier alpha value is -1.82. The molecule has 4 nitrogen and oxygen atoms in total. The molecule has 2 aromatic carbocycles. The molecule has 1 aliphatic heterocycles. The number of sulfonamides is 1. The van der Waals surface area contributed by atoms with Gasteiger partial charge >= 0.3 is 0 Å². The first-order valence-electron chi connectivity index (χ1n) is 8.04. The Morgan fingerprint density at radius 1 is 1.04 bits per heavy atom. The first-order chi connectivity index (χ1) is 11.8. The fraction of sp³-hybridized carbons (Fsp3) is 0.263. The summed E-state index contributed by atoms with van der Waals surface area (Å²) < 4.78 is 32.1. The molecule has 0 atom stereocenters. The molecule has 0 radical (unpaired) electrons. The molecule has 1 fully saturated rings. The van der Waals surface area contributed by atoms with E-state index in [-0.39, 0.29) is 5.41 Å². The average molecular weight is 376 g/mol. The maximum Gasteiger partial charge on any atom is 0.243 e. The van der Waals surface area contributed by atoms with Crippen molar-refractivity contribution >= 4 is 32.6 Å². The van der Waals surface area contributed by atoms with Gasteiger partial charge in [-0.2, -0.15) is 4.31 Å². The van der Waals surface area contributed by atoms with Gasteiger partial charge in [0.15, 0.2) is 5.58 Å². The van der Waals surface area contributed by atoms with Crippen molar-refractivity contribution in [2.75, 3.05) is 13.1 Å². The Morgan fingerprint density at radius 2 is 1.72 bits per heavy atom. The van der Waals surface area contributed by atoms with E-state index in [1.807, 2.05) is 30.3 Å². The van der Waals surface area contributed by atoms with E-state index in [0.29, 0.717) is 28.6 Å². The smallest absolute Gasteiger partial charge is 0.243 e. The molecule has 0 bridgehead atoms. The zero-order valence-electron chi connectivity index (χ0n) is 14.0. The topological polar surface area (TPSA) is 50.5 Å². The van der Waals surface area contributed by atoms with Gasteiger partial charge in [-0.05, 0) is 46.9 Å². The third kappa shape index (κ3) is 2.86. The summed E-state index contributed by atoms with van der Waals surface area (Å²) in [6.07, 6.45) is 1.60. The third-order valence-corrected chi connectivity index (χ3v) is 6.63. The molecule has 25 heavy (non-hydrogen) atoms. The summed E-state index contributed by atoms with van der Waals surface area (Å²) in [5.41, 5.74) is 2.55. The maximum absolute atomic E-state index is 12.6. The largest absolute Gasteiger partial charge is 0.463 e. The highest BCUT2D eigenvalue weighted by Gasteiger charge is 2.41.